The maximum absolute atomic E-state index is 12.4. The average Bonchev–Trinajstić information content (AvgIpc) is 3.19. The van der Waals surface area contributed by atoms with Crippen molar-refractivity contribution in [2.24, 2.45) is 5.92 Å². The average molecular weight is 458 g/mol. The monoisotopic (exact) mass is 457 g/mol. The Balaban J connectivity index is 1.43. The highest BCUT2D eigenvalue weighted by atomic mass is 32.2. The first-order chi connectivity index (χ1) is 16.1. The normalized spacial score (nSPS) is 11.0. The van der Waals surface area contributed by atoms with Crippen LogP contribution in [-0.2, 0) is 18.7 Å². The van der Waals surface area contributed by atoms with Gasteiger partial charge in [-0.1, -0.05) is 68.1 Å². The molecule has 33 heavy (non-hydrogen) atoms. The lowest BCUT2D eigenvalue weighted by Crippen LogP contribution is -2.11. The van der Waals surface area contributed by atoms with Gasteiger partial charge < -0.3 is 9.88 Å². The van der Waals surface area contributed by atoms with Crippen LogP contribution in [-0.4, -0.2) is 25.7 Å². The molecule has 4 aromatic rings. The summed E-state index contributed by atoms with van der Waals surface area (Å²) in [4.78, 5) is 16.5. The van der Waals surface area contributed by atoms with Crippen LogP contribution in [0.1, 0.15) is 41.2 Å². The molecule has 4 rings (SSSR count). The molecule has 0 unspecified atom stereocenters. The number of anilines is 1. The molecule has 0 aliphatic carbocycles. The second-order valence-corrected chi connectivity index (χ2v) is 9.19. The zero-order chi connectivity index (χ0) is 23.0. The van der Waals surface area contributed by atoms with Gasteiger partial charge >= 0.3 is 0 Å². The molecule has 6 nitrogen and oxygen atoms in total. The number of amides is 1. The Morgan fingerprint density at radius 3 is 2.45 bits per heavy atom. The number of aromatic nitrogens is 4. The minimum Gasteiger partial charge on any atom is -0.321 e. The van der Waals surface area contributed by atoms with Gasteiger partial charge in [0.25, 0.3) is 5.91 Å². The van der Waals surface area contributed by atoms with E-state index < -0.39 is 0 Å². The first-order valence-electron chi connectivity index (χ1n) is 11.0. The number of pyridine rings is 1. The largest absolute Gasteiger partial charge is 0.321 e. The Morgan fingerprint density at radius 2 is 1.76 bits per heavy atom. The third-order valence-corrected chi connectivity index (χ3v) is 6.11. The molecule has 0 aliphatic rings. The first kappa shape index (κ1) is 22.7. The van der Waals surface area contributed by atoms with Gasteiger partial charge in [-0.2, -0.15) is 0 Å². The number of hydrogen-bond acceptors (Lipinski definition) is 5. The number of hydrogen-bond donors (Lipinski definition) is 1. The fourth-order valence-electron chi connectivity index (χ4n) is 3.41. The first-order valence-corrected chi connectivity index (χ1v) is 12.0. The van der Waals surface area contributed by atoms with Crippen molar-refractivity contribution in [2.75, 3.05) is 5.32 Å². The summed E-state index contributed by atoms with van der Waals surface area (Å²) in [5.41, 5.74) is 3.64. The Kier molecular flexibility index (Phi) is 7.52. The molecule has 2 heterocycles. The van der Waals surface area contributed by atoms with E-state index in [9.17, 15) is 4.79 Å². The molecule has 0 atom stereocenters. The molecule has 168 valence electrons. The molecule has 1 amide bonds. The minimum atomic E-state index is -0.150. The second kappa shape index (κ2) is 10.9. The Labute approximate surface area is 198 Å². The third kappa shape index (κ3) is 6.29. The Bertz CT molecular complexity index is 1170. The molecule has 2 aromatic carbocycles. The van der Waals surface area contributed by atoms with E-state index in [1.54, 1.807) is 30.2 Å². The zero-order valence-corrected chi connectivity index (χ0v) is 19.6. The van der Waals surface area contributed by atoms with Crippen LogP contribution in [0.15, 0.2) is 84.3 Å². The summed E-state index contributed by atoms with van der Waals surface area (Å²) < 4.78 is 2.22. The number of thioether (sulfide) groups is 1. The van der Waals surface area contributed by atoms with Crippen molar-refractivity contribution in [3.63, 3.8) is 0 Å². The van der Waals surface area contributed by atoms with E-state index >= 15 is 0 Å². The van der Waals surface area contributed by atoms with Crippen LogP contribution in [0.25, 0.3) is 0 Å². The minimum absolute atomic E-state index is 0.150. The highest BCUT2D eigenvalue weighted by Gasteiger charge is 2.15. The van der Waals surface area contributed by atoms with Gasteiger partial charge in [-0.3, -0.25) is 9.78 Å². The number of nitrogens with one attached hydrogen (secondary N) is 1. The summed E-state index contributed by atoms with van der Waals surface area (Å²) in [6, 6.07) is 21.7. The van der Waals surface area contributed by atoms with Crippen LogP contribution in [0.5, 0.6) is 0 Å². The second-order valence-electron chi connectivity index (χ2n) is 8.25. The Hall–Kier alpha value is -3.45. The Morgan fingerprint density at radius 1 is 0.970 bits per heavy atom. The van der Waals surface area contributed by atoms with Crippen molar-refractivity contribution in [1.82, 2.24) is 19.7 Å². The van der Waals surface area contributed by atoms with Gasteiger partial charge in [-0.15, -0.1) is 10.2 Å². The van der Waals surface area contributed by atoms with Gasteiger partial charge in [0.05, 0.1) is 18.4 Å². The van der Waals surface area contributed by atoms with E-state index in [0.717, 1.165) is 35.3 Å². The van der Waals surface area contributed by atoms with Crippen LogP contribution in [0.3, 0.4) is 0 Å². The molecular weight excluding hydrogens is 430 g/mol. The lowest BCUT2D eigenvalue weighted by molar-refractivity contribution is 0.102. The van der Waals surface area contributed by atoms with Crippen LogP contribution in [0, 0.1) is 5.92 Å². The van der Waals surface area contributed by atoms with Crippen molar-refractivity contribution >= 4 is 23.4 Å². The predicted octanol–water partition coefficient (Wildman–Crippen LogP) is 5.46. The van der Waals surface area contributed by atoms with Gasteiger partial charge in [0.15, 0.2) is 5.16 Å². The highest BCUT2D eigenvalue weighted by Crippen LogP contribution is 2.24. The van der Waals surface area contributed by atoms with Crippen molar-refractivity contribution < 1.29 is 4.79 Å². The molecular formula is C26H27N5OS. The van der Waals surface area contributed by atoms with Crippen LogP contribution in [0.2, 0.25) is 0 Å². The molecule has 0 bridgehead atoms. The van der Waals surface area contributed by atoms with E-state index in [2.05, 4.69) is 63.2 Å². The maximum atomic E-state index is 12.4. The number of carbonyl (C=O) groups is 1. The SMILES string of the molecule is CC(C)Cc1nnc(SCc2ccc(C(=O)Nc3cccnc3)cc2)n1Cc1ccccc1. The van der Waals surface area contributed by atoms with Gasteiger partial charge in [0, 0.05) is 23.9 Å². The standard InChI is InChI=1S/C26H27N5OS/c1-19(2)15-24-29-30-26(31(24)17-20-7-4-3-5-8-20)33-18-21-10-12-22(13-11-21)25(32)28-23-9-6-14-27-16-23/h3-14,16,19H,15,17-18H2,1-2H3,(H,28,32). The summed E-state index contributed by atoms with van der Waals surface area (Å²) >= 11 is 1.66. The summed E-state index contributed by atoms with van der Waals surface area (Å²) in [6.45, 7) is 5.15. The van der Waals surface area contributed by atoms with Crippen molar-refractivity contribution in [2.45, 2.75) is 37.7 Å². The van der Waals surface area contributed by atoms with Gasteiger partial charge in [-0.25, -0.2) is 0 Å². The zero-order valence-electron chi connectivity index (χ0n) is 18.8. The molecule has 0 radical (unpaired) electrons. The summed E-state index contributed by atoms with van der Waals surface area (Å²) in [7, 11) is 0. The smallest absolute Gasteiger partial charge is 0.255 e. The molecule has 0 saturated heterocycles. The fraction of sp³-hybridized carbons (Fsp3) is 0.231. The topological polar surface area (TPSA) is 72.7 Å². The molecule has 0 fully saturated rings. The molecule has 0 aliphatic heterocycles. The number of benzene rings is 2. The summed E-state index contributed by atoms with van der Waals surface area (Å²) in [5.74, 6) is 2.12. The van der Waals surface area contributed by atoms with E-state index in [1.807, 2.05) is 36.4 Å². The van der Waals surface area contributed by atoms with Crippen molar-refractivity contribution in [1.29, 1.82) is 0 Å². The van der Waals surface area contributed by atoms with Gasteiger partial charge in [0.1, 0.15) is 5.82 Å². The lowest BCUT2D eigenvalue weighted by Gasteiger charge is -2.12. The molecule has 1 N–H and O–H groups in total. The van der Waals surface area contributed by atoms with E-state index in [4.69, 9.17) is 0 Å². The van der Waals surface area contributed by atoms with Crippen LogP contribution in [0.4, 0.5) is 5.69 Å². The predicted molar refractivity (Wildman–Crippen MR) is 132 cm³/mol. The van der Waals surface area contributed by atoms with Crippen molar-refractivity contribution in [3.05, 3.63) is 102 Å². The molecule has 0 spiro atoms. The molecule has 7 heteroatoms. The summed E-state index contributed by atoms with van der Waals surface area (Å²) in [6.07, 6.45) is 4.19. The van der Waals surface area contributed by atoms with E-state index in [1.165, 1.54) is 5.56 Å². The highest BCUT2D eigenvalue weighted by molar-refractivity contribution is 7.98. The number of nitrogens with zero attached hydrogens (tertiary/aromatic N) is 4. The number of rotatable bonds is 9. The quantitative estimate of drug-likeness (QED) is 0.338. The molecule has 2 aromatic heterocycles. The third-order valence-electron chi connectivity index (χ3n) is 5.07. The van der Waals surface area contributed by atoms with Gasteiger partial charge in [-0.05, 0) is 41.3 Å². The maximum Gasteiger partial charge on any atom is 0.255 e. The van der Waals surface area contributed by atoms with Gasteiger partial charge in [0.2, 0.25) is 0 Å². The number of carbonyl (C=O) groups excluding carboxylic acids is 1. The van der Waals surface area contributed by atoms with E-state index in [-0.39, 0.29) is 5.91 Å². The van der Waals surface area contributed by atoms with E-state index in [0.29, 0.717) is 17.2 Å². The fourth-order valence-corrected chi connectivity index (χ4v) is 4.32. The van der Waals surface area contributed by atoms with Crippen molar-refractivity contribution in [3.8, 4) is 0 Å². The van der Waals surface area contributed by atoms with Crippen LogP contribution >= 0.6 is 11.8 Å². The molecule has 0 saturated carbocycles. The summed E-state index contributed by atoms with van der Waals surface area (Å²) in [5, 5.41) is 12.7. The lowest BCUT2D eigenvalue weighted by atomic mass is 10.1. The van der Waals surface area contributed by atoms with Crippen LogP contribution < -0.4 is 5.32 Å².